The van der Waals surface area contributed by atoms with Gasteiger partial charge in [0, 0.05) is 43.8 Å². The van der Waals surface area contributed by atoms with E-state index in [2.05, 4.69) is 35.2 Å². The molecule has 4 N–H and O–H groups in total. The van der Waals surface area contributed by atoms with Gasteiger partial charge in [0.1, 0.15) is 17.3 Å². The number of aromatic amines is 1. The van der Waals surface area contributed by atoms with Crippen LogP contribution < -0.4 is 25.7 Å². The van der Waals surface area contributed by atoms with Gasteiger partial charge in [0.05, 0.1) is 29.5 Å². The van der Waals surface area contributed by atoms with Gasteiger partial charge in [-0.15, -0.1) is 5.10 Å². The van der Waals surface area contributed by atoms with E-state index >= 15 is 0 Å². The number of hydrogen-bond acceptors (Lipinski definition) is 10. The average Bonchev–Trinajstić information content (AvgIpc) is 3.32. The zero-order valence-corrected chi connectivity index (χ0v) is 24.0. The van der Waals surface area contributed by atoms with E-state index in [1.54, 1.807) is 35.1 Å². The van der Waals surface area contributed by atoms with Crippen LogP contribution in [0.15, 0.2) is 47.7 Å². The number of H-pyrrole nitrogens is 1. The normalized spacial score (nSPS) is 14.2. The molecule has 0 spiro atoms. The Balaban J connectivity index is 1.51. The number of nitrogens with zero attached hydrogens (tertiary/aromatic N) is 5. The molecule has 1 aliphatic heterocycles. The highest BCUT2D eigenvalue weighted by Crippen LogP contribution is 2.33. The molecule has 0 radical (unpaired) electrons. The Bertz CT molecular complexity index is 1660. The number of ether oxygens (including phenoxy) is 1. The summed E-state index contributed by atoms with van der Waals surface area (Å²) in [5.41, 5.74) is 1.33. The average molecular weight is 582 g/mol. The van der Waals surface area contributed by atoms with Crippen molar-refractivity contribution in [2.75, 3.05) is 54.4 Å². The summed E-state index contributed by atoms with van der Waals surface area (Å²) in [6, 6.07) is 6.84. The molecule has 1 fully saturated rings. The second-order valence-corrected chi connectivity index (χ2v) is 11.7. The van der Waals surface area contributed by atoms with Crippen LogP contribution in [0.3, 0.4) is 0 Å². The van der Waals surface area contributed by atoms with Gasteiger partial charge in [-0.3, -0.25) is 9.52 Å². The standard InChI is InChI=1S/C27H35N9O4S/c1-3-15-41(38,39)34-19-7-8-21(23(16-19)40-2)36-22-17-24(32-26-27(37)30-10-9-28-26)31-18-20(22)25(33-36)29-11-14-35-12-5-4-6-13-35/h7-10,16-18,34H,3-6,11-15H2,1-2H3,(H,29,33)(H,30,37)(H,28,31,32). The topological polar surface area (TPSA) is 159 Å². The highest BCUT2D eigenvalue weighted by atomic mass is 32.2. The van der Waals surface area contributed by atoms with Crippen LogP contribution in [0.4, 0.5) is 23.1 Å². The third-order valence-corrected chi connectivity index (χ3v) is 8.34. The van der Waals surface area contributed by atoms with E-state index in [1.165, 1.54) is 38.8 Å². The Morgan fingerprint density at radius 1 is 1.10 bits per heavy atom. The number of piperidine rings is 1. The highest BCUT2D eigenvalue weighted by molar-refractivity contribution is 7.92. The predicted molar refractivity (Wildman–Crippen MR) is 160 cm³/mol. The fraction of sp³-hybridized carbons (Fsp3) is 0.407. The Morgan fingerprint density at radius 3 is 2.68 bits per heavy atom. The van der Waals surface area contributed by atoms with Crippen molar-refractivity contribution in [2.24, 2.45) is 0 Å². The Kier molecular flexibility index (Phi) is 8.69. The van der Waals surface area contributed by atoms with E-state index in [4.69, 9.17) is 9.84 Å². The SMILES string of the molecule is CCCS(=O)(=O)Nc1ccc(-n2nc(NCCN3CCCCC3)c3cnc(Nc4ncc[nH]c4=O)cc32)c(OC)c1. The Labute approximate surface area is 238 Å². The molecule has 1 aliphatic rings. The van der Waals surface area contributed by atoms with Crippen LogP contribution in [0.2, 0.25) is 0 Å². The maximum absolute atomic E-state index is 12.3. The first-order valence-corrected chi connectivity index (χ1v) is 15.4. The number of aromatic nitrogens is 5. The van der Waals surface area contributed by atoms with E-state index in [-0.39, 0.29) is 17.1 Å². The zero-order valence-electron chi connectivity index (χ0n) is 23.2. The van der Waals surface area contributed by atoms with Gasteiger partial charge in [-0.1, -0.05) is 13.3 Å². The summed E-state index contributed by atoms with van der Waals surface area (Å²) < 4.78 is 34.7. The third-order valence-electron chi connectivity index (χ3n) is 6.84. The molecule has 0 bridgehead atoms. The summed E-state index contributed by atoms with van der Waals surface area (Å²) in [4.78, 5) is 25.8. The smallest absolute Gasteiger partial charge is 0.291 e. The summed E-state index contributed by atoms with van der Waals surface area (Å²) in [6.45, 7) is 5.63. The molecular formula is C27H35N9O4S. The number of likely N-dealkylation sites (tertiary alicyclic amines) is 1. The first kappa shape index (κ1) is 28.4. The molecule has 4 aromatic rings. The van der Waals surface area contributed by atoms with E-state index in [0.717, 1.165) is 25.0 Å². The number of nitrogens with one attached hydrogen (secondary N) is 4. The Hall–Kier alpha value is -4.17. The quantitative estimate of drug-likeness (QED) is 0.195. The number of rotatable bonds is 12. The molecule has 41 heavy (non-hydrogen) atoms. The fourth-order valence-corrected chi connectivity index (χ4v) is 6.01. The lowest BCUT2D eigenvalue weighted by Crippen LogP contribution is -2.33. The van der Waals surface area contributed by atoms with Crippen molar-refractivity contribution in [2.45, 2.75) is 32.6 Å². The number of benzene rings is 1. The van der Waals surface area contributed by atoms with E-state index < -0.39 is 10.0 Å². The maximum Gasteiger partial charge on any atom is 0.291 e. The van der Waals surface area contributed by atoms with Gasteiger partial charge in [0.25, 0.3) is 5.56 Å². The lowest BCUT2D eigenvalue weighted by molar-refractivity contribution is 0.237. The van der Waals surface area contributed by atoms with E-state index in [9.17, 15) is 13.2 Å². The van der Waals surface area contributed by atoms with Gasteiger partial charge < -0.3 is 25.3 Å². The Morgan fingerprint density at radius 2 is 1.93 bits per heavy atom. The molecule has 218 valence electrons. The molecule has 1 aromatic carbocycles. The molecule has 5 rings (SSSR count). The second-order valence-electron chi connectivity index (χ2n) is 9.88. The first-order valence-electron chi connectivity index (χ1n) is 13.7. The minimum Gasteiger partial charge on any atom is -0.494 e. The zero-order chi connectivity index (χ0) is 28.8. The first-order chi connectivity index (χ1) is 19.9. The maximum atomic E-state index is 12.3. The molecule has 1 saturated heterocycles. The number of anilines is 4. The van der Waals surface area contributed by atoms with Crippen LogP contribution >= 0.6 is 0 Å². The summed E-state index contributed by atoms with van der Waals surface area (Å²) in [5.74, 6) is 1.63. The van der Waals surface area contributed by atoms with Gasteiger partial charge in [-0.2, -0.15) is 0 Å². The van der Waals surface area contributed by atoms with Crippen LogP contribution in [0.5, 0.6) is 5.75 Å². The van der Waals surface area contributed by atoms with Crippen molar-refractivity contribution in [3.05, 3.63) is 53.2 Å². The van der Waals surface area contributed by atoms with Gasteiger partial charge in [-0.05, 0) is 44.5 Å². The molecule has 0 unspecified atom stereocenters. The van der Waals surface area contributed by atoms with Crippen molar-refractivity contribution in [1.29, 1.82) is 0 Å². The monoisotopic (exact) mass is 581 g/mol. The van der Waals surface area contributed by atoms with Crippen molar-refractivity contribution < 1.29 is 13.2 Å². The highest BCUT2D eigenvalue weighted by Gasteiger charge is 2.19. The number of fused-ring (bicyclic) bond motifs is 1. The number of hydrogen-bond donors (Lipinski definition) is 4. The van der Waals surface area contributed by atoms with Crippen LogP contribution in [-0.4, -0.2) is 77.1 Å². The molecule has 0 atom stereocenters. The summed E-state index contributed by atoms with van der Waals surface area (Å²) in [7, 11) is -1.95. The van der Waals surface area contributed by atoms with Gasteiger partial charge >= 0.3 is 0 Å². The molecule has 0 aliphatic carbocycles. The molecule has 0 amide bonds. The minimum atomic E-state index is -3.47. The third kappa shape index (κ3) is 6.77. The van der Waals surface area contributed by atoms with Gasteiger partial charge in [-0.25, -0.2) is 23.1 Å². The predicted octanol–water partition coefficient (Wildman–Crippen LogP) is 3.31. The lowest BCUT2D eigenvalue weighted by atomic mass is 10.1. The van der Waals surface area contributed by atoms with Crippen LogP contribution in [0.25, 0.3) is 16.6 Å². The van der Waals surface area contributed by atoms with Crippen molar-refractivity contribution in [1.82, 2.24) is 29.6 Å². The minimum absolute atomic E-state index is 0.0230. The van der Waals surface area contributed by atoms with Crippen LogP contribution in [-0.2, 0) is 10.0 Å². The van der Waals surface area contributed by atoms with Crippen molar-refractivity contribution in [3.8, 4) is 11.4 Å². The molecular weight excluding hydrogens is 546 g/mol. The number of sulfonamides is 1. The number of pyridine rings is 1. The largest absolute Gasteiger partial charge is 0.494 e. The van der Waals surface area contributed by atoms with Gasteiger partial charge in [0.2, 0.25) is 10.0 Å². The second kappa shape index (κ2) is 12.6. The fourth-order valence-electron chi connectivity index (χ4n) is 4.89. The molecule has 3 aromatic heterocycles. The van der Waals surface area contributed by atoms with Gasteiger partial charge in [0.15, 0.2) is 11.6 Å². The molecule has 14 heteroatoms. The van der Waals surface area contributed by atoms with Crippen LogP contribution in [0, 0.1) is 0 Å². The molecule has 13 nitrogen and oxygen atoms in total. The number of methoxy groups -OCH3 is 1. The molecule has 0 saturated carbocycles. The van der Waals surface area contributed by atoms with E-state index in [1.807, 2.05) is 6.92 Å². The van der Waals surface area contributed by atoms with Crippen molar-refractivity contribution >= 4 is 44.1 Å². The van der Waals surface area contributed by atoms with E-state index in [0.29, 0.717) is 47.2 Å². The van der Waals surface area contributed by atoms with Crippen molar-refractivity contribution in [3.63, 3.8) is 0 Å². The molecule has 4 heterocycles. The lowest BCUT2D eigenvalue weighted by Gasteiger charge is -2.26. The summed E-state index contributed by atoms with van der Waals surface area (Å²) in [5, 5.41) is 12.1. The van der Waals surface area contributed by atoms with Crippen LogP contribution in [0.1, 0.15) is 32.6 Å². The summed E-state index contributed by atoms with van der Waals surface area (Å²) in [6.07, 6.45) is 8.87. The summed E-state index contributed by atoms with van der Waals surface area (Å²) >= 11 is 0.